The normalized spacial score (nSPS) is 12.4. The number of nitrogens with one attached hydrogen (secondary N) is 1. The van der Waals surface area contributed by atoms with Crippen LogP contribution in [0.1, 0.15) is 30.5 Å². The third-order valence-corrected chi connectivity index (χ3v) is 3.09. The number of nitrogens with zero attached hydrogens (tertiary/aromatic N) is 2. The number of rotatable bonds is 5. The molecule has 0 bridgehead atoms. The van der Waals surface area contributed by atoms with Gasteiger partial charge >= 0.3 is 0 Å². The summed E-state index contributed by atoms with van der Waals surface area (Å²) in [5.41, 5.74) is 1.62. The molecule has 1 unspecified atom stereocenters. The lowest BCUT2D eigenvalue weighted by Gasteiger charge is -2.20. The summed E-state index contributed by atoms with van der Waals surface area (Å²) in [7, 11) is 0. The van der Waals surface area contributed by atoms with Crippen molar-refractivity contribution in [2.24, 2.45) is 0 Å². The third kappa shape index (κ3) is 3.49. The number of hydrogen-bond acceptors (Lipinski definition) is 3. The first kappa shape index (κ1) is 13.9. The van der Waals surface area contributed by atoms with E-state index < -0.39 is 0 Å². The Labute approximate surface area is 116 Å². The number of pyridine rings is 2. The maximum absolute atomic E-state index is 13.3. The van der Waals surface area contributed by atoms with Crippen LogP contribution in [0.25, 0.3) is 0 Å². The van der Waals surface area contributed by atoms with Crippen LogP contribution in [-0.4, -0.2) is 16.5 Å². The van der Waals surface area contributed by atoms with Gasteiger partial charge < -0.3 is 5.32 Å². The van der Waals surface area contributed by atoms with Crippen molar-refractivity contribution in [2.45, 2.75) is 19.4 Å². The molecule has 0 fully saturated rings. The largest absolute Gasteiger partial charge is 0.306 e. The van der Waals surface area contributed by atoms with Crippen molar-refractivity contribution in [2.75, 3.05) is 6.54 Å². The summed E-state index contributed by atoms with van der Waals surface area (Å²) >= 11 is 6.17. The van der Waals surface area contributed by atoms with Crippen molar-refractivity contribution in [3.63, 3.8) is 0 Å². The Morgan fingerprint density at radius 1 is 1.32 bits per heavy atom. The third-order valence-electron chi connectivity index (χ3n) is 2.77. The second-order valence-corrected chi connectivity index (χ2v) is 4.63. The highest BCUT2D eigenvalue weighted by molar-refractivity contribution is 6.31. The molecule has 0 spiro atoms. The van der Waals surface area contributed by atoms with Crippen molar-refractivity contribution in [3.8, 4) is 0 Å². The fourth-order valence-electron chi connectivity index (χ4n) is 1.90. The van der Waals surface area contributed by atoms with E-state index >= 15 is 0 Å². The first-order valence-electron chi connectivity index (χ1n) is 6.15. The molecule has 19 heavy (non-hydrogen) atoms. The second-order valence-electron chi connectivity index (χ2n) is 4.22. The summed E-state index contributed by atoms with van der Waals surface area (Å²) in [6.07, 6.45) is 7.07. The van der Waals surface area contributed by atoms with Gasteiger partial charge in [0.05, 0.1) is 17.3 Å². The Morgan fingerprint density at radius 2 is 2.16 bits per heavy atom. The van der Waals surface area contributed by atoms with E-state index in [0.717, 1.165) is 24.1 Å². The van der Waals surface area contributed by atoms with Gasteiger partial charge in [0, 0.05) is 18.6 Å². The molecule has 0 aromatic carbocycles. The van der Waals surface area contributed by atoms with Gasteiger partial charge in [-0.05, 0) is 36.2 Å². The summed E-state index contributed by atoms with van der Waals surface area (Å²) in [6, 6.07) is 3.12. The second kappa shape index (κ2) is 6.59. The predicted molar refractivity (Wildman–Crippen MR) is 73.6 cm³/mol. The maximum atomic E-state index is 13.3. The minimum atomic E-state index is -0.356. The molecule has 0 radical (unpaired) electrons. The van der Waals surface area contributed by atoms with Crippen LogP contribution in [0.3, 0.4) is 0 Å². The number of hydrogen-bond donors (Lipinski definition) is 1. The minimum absolute atomic E-state index is 0.182. The van der Waals surface area contributed by atoms with Crippen molar-refractivity contribution in [1.29, 1.82) is 0 Å². The molecule has 1 N–H and O–H groups in total. The van der Waals surface area contributed by atoms with Crippen LogP contribution in [0.5, 0.6) is 0 Å². The molecule has 0 saturated heterocycles. The molecule has 0 aliphatic heterocycles. The van der Waals surface area contributed by atoms with E-state index in [4.69, 9.17) is 11.6 Å². The topological polar surface area (TPSA) is 37.8 Å². The maximum Gasteiger partial charge on any atom is 0.141 e. The van der Waals surface area contributed by atoms with Crippen molar-refractivity contribution in [1.82, 2.24) is 15.3 Å². The minimum Gasteiger partial charge on any atom is -0.306 e. The van der Waals surface area contributed by atoms with E-state index in [0.29, 0.717) is 5.02 Å². The zero-order chi connectivity index (χ0) is 13.7. The Balaban J connectivity index is 2.38. The lowest BCUT2D eigenvalue weighted by Crippen LogP contribution is -2.23. The van der Waals surface area contributed by atoms with Gasteiger partial charge in [-0.1, -0.05) is 18.5 Å². The van der Waals surface area contributed by atoms with Crippen molar-refractivity contribution in [3.05, 3.63) is 58.9 Å². The standard InChI is InChI=1S/C14H15ClFN3/c1-2-4-19-14(10-6-11(16)8-18-7-10)12-3-5-17-9-13(12)15/h3,5-9,14,19H,2,4H2,1H3. The zero-order valence-corrected chi connectivity index (χ0v) is 11.4. The van der Waals surface area contributed by atoms with Crippen LogP contribution in [-0.2, 0) is 0 Å². The average molecular weight is 280 g/mol. The molecule has 5 heteroatoms. The lowest BCUT2D eigenvalue weighted by molar-refractivity contribution is 0.580. The average Bonchev–Trinajstić information content (AvgIpc) is 2.41. The molecule has 0 amide bonds. The van der Waals surface area contributed by atoms with E-state index in [1.54, 1.807) is 18.6 Å². The summed E-state index contributed by atoms with van der Waals surface area (Å²) in [5, 5.41) is 3.91. The summed E-state index contributed by atoms with van der Waals surface area (Å²) in [4.78, 5) is 7.86. The fraction of sp³-hybridized carbons (Fsp3) is 0.286. The van der Waals surface area contributed by atoms with Gasteiger partial charge in [0.25, 0.3) is 0 Å². The molecule has 3 nitrogen and oxygen atoms in total. The van der Waals surface area contributed by atoms with Crippen LogP contribution in [0.15, 0.2) is 36.9 Å². The molecular formula is C14H15ClFN3. The van der Waals surface area contributed by atoms with Gasteiger partial charge in [-0.25, -0.2) is 4.39 Å². The zero-order valence-electron chi connectivity index (χ0n) is 10.6. The molecule has 100 valence electrons. The highest BCUT2D eigenvalue weighted by Gasteiger charge is 2.17. The van der Waals surface area contributed by atoms with Crippen LogP contribution >= 0.6 is 11.6 Å². The van der Waals surface area contributed by atoms with Gasteiger partial charge in [0.1, 0.15) is 5.82 Å². The van der Waals surface area contributed by atoms with Crippen molar-refractivity contribution < 1.29 is 4.39 Å². The SMILES string of the molecule is CCCNC(c1cncc(F)c1)c1ccncc1Cl. The summed E-state index contributed by atoms with van der Waals surface area (Å²) < 4.78 is 13.3. The summed E-state index contributed by atoms with van der Waals surface area (Å²) in [6.45, 7) is 2.88. The van der Waals surface area contributed by atoms with Gasteiger partial charge in [0.2, 0.25) is 0 Å². The van der Waals surface area contributed by atoms with Gasteiger partial charge in [-0.3, -0.25) is 9.97 Å². The summed E-state index contributed by atoms with van der Waals surface area (Å²) in [5.74, 6) is -0.356. The van der Waals surface area contributed by atoms with Crippen LogP contribution in [0.4, 0.5) is 4.39 Å². The Morgan fingerprint density at radius 3 is 2.84 bits per heavy atom. The van der Waals surface area contributed by atoms with Crippen LogP contribution < -0.4 is 5.32 Å². The lowest BCUT2D eigenvalue weighted by atomic mass is 10.0. The van der Waals surface area contributed by atoms with E-state index in [-0.39, 0.29) is 11.9 Å². The molecule has 2 rings (SSSR count). The quantitative estimate of drug-likeness (QED) is 0.912. The molecular weight excluding hydrogens is 265 g/mol. The highest BCUT2D eigenvalue weighted by Crippen LogP contribution is 2.27. The Bertz CT molecular complexity index is 548. The first-order chi connectivity index (χ1) is 9.22. The first-order valence-corrected chi connectivity index (χ1v) is 6.53. The molecule has 1 atom stereocenters. The molecule has 2 heterocycles. The Hall–Kier alpha value is -1.52. The van der Waals surface area contributed by atoms with E-state index in [2.05, 4.69) is 22.2 Å². The monoisotopic (exact) mass is 279 g/mol. The number of halogens is 2. The smallest absolute Gasteiger partial charge is 0.141 e. The predicted octanol–water partition coefficient (Wildman–Crippen LogP) is 3.36. The highest BCUT2D eigenvalue weighted by atomic mass is 35.5. The molecule has 0 aliphatic rings. The van der Waals surface area contributed by atoms with Crippen molar-refractivity contribution >= 4 is 11.6 Å². The molecule has 0 saturated carbocycles. The van der Waals surface area contributed by atoms with Gasteiger partial charge in [-0.15, -0.1) is 0 Å². The van der Waals surface area contributed by atoms with E-state index in [1.165, 1.54) is 12.3 Å². The fourth-order valence-corrected chi connectivity index (χ4v) is 2.13. The van der Waals surface area contributed by atoms with E-state index in [1.807, 2.05) is 6.07 Å². The molecule has 0 aliphatic carbocycles. The van der Waals surface area contributed by atoms with Crippen LogP contribution in [0, 0.1) is 5.82 Å². The van der Waals surface area contributed by atoms with E-state index in [9.17, 15) is 4.39 Å². The molecule has 2 aromatic heterocycles. The van der Waals surface area contributed by atoms with Gasteiger partial charge in [-0.2, -0.15) is 0 Å². The van der Waals surface area contributed by atoms with Gasteiger partial charge in [0.15, 0.2) is 0 Å². The Kier molecular flexibility index (Phi) is 4.82. The van der Waals surface area contributed by atoms with Crippen LogP contribution in [0.2, 0.25) is 5.02 Å². The molecule has 2 aromatic rings. The number of aromatic nitrogens is 2.